The van der Waals surface area contributed by atoms with Gasteiger partial charge in [-0.15, -0.1) is 5.73 Å². The first-order valence-corrected chi connectivity index (χ1v) is 7.43. The normalized spacial score (nSPS) is 21.6. The number of fused-ring (bicyclic) bond motifs is 1. The molecule has 1 aliphatic rings. The summed E-state index contributed by atoms with van der Waals surface area (Å²) in [6, 6.07) is 17.1. The third kappa shape index (κ3) is 2.33. The highest BCUT2D eigenvalue weighted by molar-refractivity contribution is 6.05. The minimum atomic E-state index is -1.44. The fourth-order valence-corrected chi connectivity index (χ4v) is 3.22. The third-order valence-corrected chi connectivity index (χ3v) is 4.39. The van der Waals surface area contributed by atoms with Gasteiger partial charge in [-0.05, 0) is 30.0 Å². The zero-order valence-corrected chi connectivity index (χ0v) is 12.3. The molecule has 22 heavy (non-hydrogen) atoms. The monoisotopic (exact) mass is 290 g/mol. The Bertz CT molecular complexity index is 741. The van der Waals surface area contributed by atoms with Gasteiger partial charge in [-0.2, -0.15) is 0 Å². The second-order valence-corrected chi connectivity index (χ2v) is 5.67. The van der Waals surface area contributed by atoms with Crippen molar-refractivity contribution in [2.75, 3.05) is 0 Å². The van der Waals surface area contributed by atoms with E-state index in [0.717, 1.165) is 11.1 Å². The van der Waals surface area contributed by atoms with Crippen LogP contribution in [0.3, 0.4) is 0 Å². The van der Waals surface area contributed by atoms with Gasteiger partial charge < -0.3 is 5.11 Å². The molecule has 0 fully saturated rings. The number of carbonyl (C=O) groups is 1. The number of carbonyl (C=O) groups excluding carboxylic acids is 1. The zero-order valence-electron chi connectivity index (χ0n) is 12.3. The maximum atomic E-state index is 12.9. The number of Topliss-reactive ketones (excluding diaryl/α,β-unsaturated/α-hetero) is 1. The van der Waals surface area contributed by atoms with Gasteiger partial charge in [0.15, 0.2) is 5.78 Å². The Morgan fingerprint density at radius 1 is 1.14 bits per heavy atom. The number of ketones is 1. The molecule has 1 aliphatic carbocycles. The van der Waals surface area contributed by atoms with Gasteiger partial charge in [-0.25, -0.2) is 0 Å². The van der Waals surface area contributed by atoms with E-state index in [4.69, 9.17) is 0 Å². The lowest BCUT2D eigenvalue weighted by atomic mass is 9.70. The van der Waals surface area contributed by atoms with E-state index in [1.54, 1.807) is 12.1 Å². The van der Waals surface area contributed by atoms with Crippen molar-refractivity contribution in [1.29, 1.82) is 0 Å². The molecule has 110 valence electrons. The van der Waals surface area contributed by atoms with Crippen LogP contribution >= 0.6 is 0 Å². The van der Waals surface area contributed by atoms with Crippen LogP contribution in [0, 0.1) is 0 Å². The molecule has 2 aromatic carbocycles. The first kappa shape index (κ1) is 14.5. The van der Waals surface area contributed by atoms with Crippen LogP contribution in [0.15, 0.2) is 73.0 Å². The van der Waals surface area contributed by atoms with Crippen LogP contribution in [0.5, 0.6) is 0 Å². The topological polar surface area (TPSA) is 37.3 Å². The van der Waals surface area contributed by atoms with Crippen molar-refractivity contribution in [2.24, 2.45) is 0 Å². The zero-order chi connectivity index (χ0) is 15.6. The summed E-state index contributed by atoms with van der Waals surface area (Å²) in [5.41, 5.74) is 3.83. The van der Waals surface area contributed by atoms with Gasteiger partial charge in [0, 0.05) is 11.5 Å². The van der Waals surface area contributed by atoms with Gasteiger partial charge in [0.2, 0.25) is 0 Å². The fourth-order valence-electron chi connectivity index (χ4n) is 3.22. The van der Waals surface area contributed by atoms with Crippen LogP contribution in [0.2, 0.25) is 0 Å². The van der Waals surface area contributed by atoms with E-state index in [1.807, 2.05) is 48.5 Å². The van der Waals surface area contributed by atoms with E-state index in [0.29, 0.717) is 18.4 Å². The molecule has 0 amide bonds. The highest BCUT2D eigenvalue weighted by Gasteiger charge is 2.46. The quantitative estimate of drug-likeness (QED) is 0.876. The van der Waals surface area contributed by atoms with Gasteiger partial charge in [-0.1, -0.05) is 61.2 Å². The lowest BCUT2D eigenvalue weighted by Crippen LogP contribution is -2.47. The Balaban J connectivity index is 2.09. The van der Waals surface area contributed by atoms with Crippen molar-refractivity contribution in [2.45, 2.75) is 24.4 Å². The van der Waals surface area contributed by atoms with Crippen molar-refractivity contribution in [3.8, 4) is 0 Å². The van der Waals surface area contributed by atoms with Crippen molar-refractivity contribution in [3.63, 3.8) is 0 Å². The summed E-state index contributed by atoms with van der Waals surface area (Å²) in [6.45, 7) is 3.62. The van der Waals surface area contributed by atoms with Gasteiger partial charge in [0.05, 0.1) is 0 Å². The molecule has 0 saturated carbocycles. The predicted molar refractivity (Wildman–Crippen MR) is 86.9 cm³/mol. The molecule has 0 aliphatic heterocycles. The summed E-state index contributed by atoms with van der Waals surface area (Å²) < 4.78 is 0. The maximum Gasteiger partial charge on any atom is 0.195 e. The van der Waals surface area contributed by atoms with Crippen LogP contribution in [0.25, 0.3) is 0 Å². The summed E-state index contributed by atoms with van der Waals surface area (Å²) >= 11 is 0. The Kier molecular flexibility index (Phi) is 3.81. The molecule has 3 rings (SSSR count). The second kappa shape index (κ2) is 5.76. The van der Waals surface area contributed by atoms with E-state index in [2.05, 4.69) is 12.3 Å². The summed E-state index contributed by atoms with van der Waals surface area (Å²) in [5, 5.41) is 11.2. The van der Waals surface area contributed by atoms with E-state index >= 15 is 0 Å². The van der Waals surface area contributed by atoms with Crippen LogP contribution in [-0.4, -0.2) is 16.5 Å². The predicted octanol–water partition coefficient (Wildman–Crippen LogP) is 3.67. The molecule has 2 atom stereocenters. The Morgan fingerprint density at radius 3 is 2.55 bits per heavy atom. The number of aryl methyl sites for hydroxylation is 1. The summed E-state index contributed by atoms with van der Waals surface area (Å²) in [5.74, 6) is -0.651. The minimum Gasteiger partial charge on any atom is -0.381 e. The minimum absolute atomic E-state index is 0.213. The average molecular weight is 290 g/mol. The highest BCUT2D eigenvalue weighted by Crippen LogP contribution is 2.39. The molecule has 0 saturated heterocycles. The largest absolute Gasteiger partial charge is 0.381 e. The van der Waals surface area contributed by atoms with Gasteiger partial charge >= 0.3 is 0 Å². The maximum absolute atomic E-state index is 12.9. The SMILES string of the molecule is C=C=C[C@H](c1ccccc1)[C@]1(O)CCc2ccccc2C1=O. The highest BCUT2D eigenvalue weighted by atomic mass is 16.3. The third-order valence-electron chi connectivity index (χ3n) is 4.39. The molecule has 2 heteroatoms. The fraction of sp³-hybridized carbons (Fsp3) is 0.200. The van der Waals surface area contributed by atoms with Gasteiger partial charge in [-0.3, -0.25) is 4.79 Å². The molecular formula is C20H18O2. The standard InChI is InChI=1S/C20H18O2/c1-2-8-18(16-10-4-3-5-11-16)20(22)14-13-15-9-6-7-12-17(15)19(20)21/h3-12,18,22H,1,13-14H2/t18-,20-/m1/s1. The van der Waals surface area contributed by atoms with Gasteiger partial charge in [0.1, 0.15) is 5.60 Å². The lowest BCUT2D eigenvalue weighted by Gasteiger charge is -2.37. The van der Waals surface area contributed by atoms with Crippen LogP contribution in [0.4, 0.5) is 0 Å². The Morgan fingerprint density at radius 2 is 1.82 bits per heavy atom. The molecule has 0 radical (unpaired) electrons. The molecule has 2 nitrogen and oxygen atoms in total. The summed E-state index contributed by atoms with van der Waals surface area (Å²) in [6.07, 6.45) is 2.79. The summed E-state index contributed by atoms with van der Waals surface area (Å²) in [4.78, 5) is 12.9. The van der Waals surface area contributed by atoms with Crippen LogP contribution in [0.1, 0.15) is 33.8 Å². The number of aliphatic hydroxyl groups is 1. The number of hydrogen-bond acceptors (Lipinski definition) is 2. The number of rotatable bonds is 3. The van der Waals surface area contributed by atoms with E-state index < -0.39 is 11.5 Å². The molecule has 0 bridgehead atoms. The van der Waals surface area contributed by atoms with E-state index in [-0.39, 0.29) is 5.78 Å². The summed E-state index contributed by atoms with van der Waals surface area (Å²) in [7, 11) is 0. The number of benzene rings is 2. The first-order chi connectivity index (χ1) is 10.7. The van der Waals surface area contributed by atoms with Gasteiger partial charge in [0.25, 0.3) is 0 Å². The molecule has 0 aromatic heterocycles. The average Bonchev–Trinajstić information content (AvgIpc) is 2.57. The van der Waals surface area contributed by atoms with Crippen LogP contribution in [-0.2, 0) is 6.42 Å². The molecular weight excluding hydrogens is 272 g/mol. The molecule has 0 heterocycles. The molecule has 0 unspecified atom stereocenters. The van der Waals surface area contributed by atoms with Crippen molar-refractivity contribution >= 4 is 5.78 Å². The second-order valence-electron chi connectivity index (χ2n) is 5.67. The molecule has 2 aromatic rings. The Labute approximate surface area is 130 Å². The smallest absolute Gasteiger partial charge is 0.195 e. The van der Waals surface area contributed by atoms with Crippen molar-refractivity contribution in [3.05, 3.63) is 89.7 Å². The Hall–Kier alpha value is -2.41. The van der Waals surface area contributed by atoms with Crippen LogP contribution < -0.4 is 0 Å². The van der Waals surface area contributed by atoms with E-state index in [1.165, 1.54) is 0 Å². The van der Waals surface area contributed by atoms with E-state index in [9.17, 15) is 9.90 Å². The lowest BCUT2D eigenvalue weighted by molar-refractivity contribution is 0.0166. The number of hydrogen-bond donors (Lipinski definition) is 1. The molecule has 1 N–H and O–H groups in total. The molecule has 0 spiro atoms. The van der Waals surface area contributed by atoms with Crippen molar-refractivity contribution in [1.82, 2.24) is 0 Å². The van der Waals surface area contributed by atoms with Crippen molar-refractivity contribution < 1.29 is 9.90 Å². The first-order valence-electron chi connectivity index (χ1n) is 7.43.